The van der Waals surface area contributed by atoms with Crippen LogP contribution in [0.4, 0.5) is 0 Å². The van der Waals surface area contributed by atoms with Gasteiger partial charge >= 0.3 is 0 Å². The summed E-state index contributed by atoms with van der Waals surface area (Å²) in [4.78, 5) is 3.96. The van der Waals surface area contributed by atoms with E-state index in [-0.39, 0.29) is 0 Å². The molecular weight excluding hydrogens is 176 g/mol. The van der Waals surface area contributed by atoms with E-state index in [0.29, 0.717) is 11.3 Å². The normalized spacial score (nSPS) is 24.2. The van der Waals surface area contributed by atoms with E-state index in [0.717, 1.165) is 26.1 Å². The fourth-order valence-corrected chi connectivity index (χ4v) is 1.76. The van der Waals surface area contributed by atoms with Gasteiger partial charge in [0.2, 0.25) is 5.28 Å². The van der Waals surface area contributed by atoms with Crippen molar-refractivity contribution in [3.8, 4) is 0 Å². The first-order valence-electron chi connectivity index (χ1n) is 4.14. The van der Waals surface area contributed by atoms with Crippen molar-refractivity contribution in [1.29, 1.82) is 0 Å². The Balaban J connectivity index is 2.13. The third kappa shape index (κ3) is 1.47. The van der Waals surface area contributed by atoms with Crippen molar-refractivity contribution >= 4 is 11.6 Å². The van der Waals surface area contributed by atoms with Crippen LogP contribution < -0.4 is 0 Å². The summed E-state index contributed by atoms with van der Waals surface area (Å²) in [7, 11) is 0. The van der Waals surface area contributed by atoms with Gasteiger partial charge in [-0.3, -0.25) is 0 Å². The maximum absolute atomic E-state index is 5.87. The van der Waals surface area contributed by atoms with Crippen molar-refractivity contribution < 1.29 is 4.74 Å². The third-order valence-corrected chi connectivity index (χ3v) is 2.44. The number of hydrogen-bond donors (Lipinski definition) is 0. The molecule has 0 saturated carbocycles. The van der Waals surface area contributed by atoms with E-state index in [9.17, 15) is 0 Å². The maximum Gasteiger partial charge on any atom is 0.202 e. The van der Waals surface area contributed by atoms with Crippen LogP contribution >= 0.6 is 11.6 Å². The molecule has 0 radical (unpaired) electrons. The van der Waals surface area contributed by atoms with E-state index in [4.69, 9.17) is 16.3 Å². The molecule has 1 atom stereocenters. The minimum Gasteiger partial charge on any atom is -0.379 e. The van der Waals surface area contributed by atoms with E-state index in [2.05, 4.69) is 4.98 Å². The molecule has 0 aromatic carbocycles. The molecule has 1 aromatic heterocycles. The molecule has 2 rings (SSSR count). The number of halogens is 1. The zero-order chi connectivity index (χ0) is 8.39. The molecule has 0 amide bonds. The largest absolute Gasteiger partial charge is 0.379 e. The summed E-state index contributed by atoms with van der Waals surface area (Å²) in [5.41, 5.74) is 0. The van der Waals surface area contributed by atoms with E-state index in [1.807, 2.05) is 10.8 Å². The molecule has 1 saturated heterocycles. The monoisotopic (exact) mass is 186 g/mol. The van der Waals surface area contributed by atoms with Gasteiger partial charge in [0.15, 0.2) is 0 Å². The molecule has 0 aliphatic carbocycles. The number of hydrogen-bond acceptors (Lipinski definition) is 2. The molecule has 1 aromatic rings. The van der Waals surface area contributed by atoms with Gasteiger partial charge in [0.1, 0.15) is 0 Å². The quantitative estimate of drug-likeness (QED) is 0.670. The third-order valence-electron chi connectivity index (χ3n) is 2.15. The average Bonchev–Trinajstić information content (AvgIpc) is 2.53. The highest BCUT2D eigenvalue weighted by Gasteiger charge is 2.16. The van der Waals surface area contributed by atoms with Crippen LogP contribution in [0, 0.1) is 0 Å². The van der Waals surface area contributed by atoms with Crippen molar-refractivity contribution in [3.05, 3.63) is 17.7 Å². The highest BCUT2D eigenvalue weighted by molar-refractivity contribution is 6.28. The van der Waals surface area contributed by atoms with Crippen LogP contribution in [0.3, 0.4) is 0 Å². The van der Waals surface area contributed by atoms with Crippen LogP contribution in [-0.4, -0.2) is 22.8 Å². The molecule has 0 bridgehead atoms. The summed E-state index contributed by atoms with van der Waals surface area (Å²) in [5, 5.41) is 0.561. The van der Waals surface area contributed by atoms with Crippen LogP contribution in [0.1, 0.15) is 18.9 Å². The van der Waals surface area contributed by atoms with E-state index in [1.165, 1.54) is 0 Å². The standard InChI is InChI=1S/C8H11ClN2O/c9-8-10-3-4-11(8)7-2-1-5-12-6-7/h3-4,7H,1-2,5-6H2. The summed E-state index contributed by atoms with van der Waals surface area (Å²) >= 11 is 5.87. The van der Waals surface area contributed by atoms with E-state index in [1.54, 1.807) is 6.20 Å². The summed E-state index contributed by atoms with van der Waals surface area (Å²) in [6.07, 6.45) is 5.87. The van der Waals surface area contributed by atoms with Gasteiger partial charge in [0, 0.05) is 19.0 Å². The summed E-state index contributed by atoms with van der Waals surface area (Å²) in [6, 6.07) is 0.383. The number of rotatable bonds is 1. The lowest BCUT2D eigenvalue weighted by atomic mass is 10.1. The molecular formula is C8H11ClN2O. The molecule has 2 heterocycles. The summed E-state index contributed by atoms with van der Waals surface area (Å²) in [5.74, 6) is 0. The Bertz CT molecular complexity index is 255. The van der Waals surface area contributed by atoms with Gasteiger partial charge in [-0.05, 0) is 24.4 Å². The van der Waals surface area contributed by atoms with Gasteiger partial charge in [-0.1, -0.05) is 0 Å². The SMILES string of the molecule is Clc1nccn1C1CCCOC1. The molecule has 0 N–H and O–H groups in total. The lowest BCUT2D eigenvalue weighted by Gasteiger charge is -2.23. The van der Waals surface area contributed by atoms with Crippen molar-refractivity contribution in [3.63, 3.8) is 0 Å². The Labute approximate surface area is 76.3 Å². The molecule has 1 unspecified atom stereocenters. The Morgan fingerprint density at radius 3 is 3.17 bits per heavy atom. The van der Waals surface area contributed by atoms with Crippen LogP contribution in [-0.2, 0) is 4.74 Å². The predicted molar refractivity (Wildman–Crippen MR) is 46.3 cm³/mol. The highest BCUT2D eigenvalue weighted by Crippen LogP contribution is 2.22. The minimum atomic E-state index is 0.383. The fraction of sp³-hybridized carbons (Fsp3) is 0.625. The topological polar surface area (TPSA) is 27.1 Å². The smallest absolute Gasteiger partial charge is 0.202 e. The zero-order valence-electron chi connectivity index (χ0n) is 6.74. The van der Waals surface area contributed by atoms with Crippen molar-refractivity contribution in [1.82, 2.24) is 9.55 Å². The zero-order valence-corrected chi connectivity index (χ0v) is 7.50. The lowest BCUT2D eigenvalue weighted by Crippen LogP contribution is -2.20. The second kappa shape index (κ2) is 3.46. The lowest BCUT2D eigenvalue weighted by molar-refractivity contribution is 0.0592. The molecule has 12 heavy (non-hydrogen) atoms. The first kappa shape index (κ1) is 8.08. The Hall–Kier alpha value is -0.540. The molecule has 66 valence electrons. The molecule has 0 spiro atoms. The fourth-order valence-electron chi connectivity index (χ4n) is 1.51. The number of ether oxygens (including phenoxy) is 1. The first-order valence-corrected chi connectivity index (χ1v) is 4.52. The number of imidazole rings is 1. The van der Waals surface area contributed by atoms with Gasteiger partial charge < -0.3 is 9.30 Å². The van der Waals surface area contributed by atoms with Crippen LogP contribution in [0.25, 0.3) is 0 Å². The molecule has 1 fully saturated rings. The van der Waals surface area contributed by atoms with Gasteiger partial charge in [0.25, 0.3) is 0 Å². The van der Waals surface area contributed by atoms with E-state index >= 15 is 0 Å². The number of nitrogens with zero attached hydrogens (tertiary/aromatic N) is 2. The van der Waals surface area contributed by atoms with Gasteiger partial charge in [-0.2, -0.15) is 0 Å². The molecule has 1 aliphatic heterocycles. The second-order valence-corrected chi connectivity index (χ2v) is 3.31. The minimum absolute atomic E-state index is 0.383. The van der Waals surface area contributed by atoms with Gasteiger partial charge in [-0.25, -0.2) is 4.98 Å². The van der Waals surface area contributed by atoms with Gasteiger partial charge in [0.05, 0.1) is 12.6 Å². The summed E-state index contributed by atoms with van der Waals surface area (Å²) < 4.78 is 7.33. The summed E-state index contributed by atoms with van der Waals surface area (Å²) in [6.45, 7) is 1.64. The maximum atomic E-state index is 5.87. The van der Waals surface area contributed by atoms with Crippen molar-refractivity contribution in [2.24, 2.45) is 0 Å². The molecule has 1 aliphatic rings. The average molecular weight is 187 g/mol. The Morgan fingerprint density at radius 2 is 2.58 bits per heavy atom. The highest BCUT2D eigenvalue weighted by atomic mass is 35.5. The first-order chi connectivity index (χ1) is 5.88. The van der Waals surface area contributed by atoms with Crippen LogP contribution in [0.5, 0.6) is 0 Å². The van der Waals surface area contributed by atoms with Gasteiger partial charge in [-0.15, -0.1) is 0 Å². The predicted octanol–water partition coefficient (Wildman–Crippen LogP) is 1.89. The van der Waals surface area contributed by atoms with Crippen LogP contribution in [0.2, 0.25) is 5.28 Å². The second-order valence-electron chi connectivity index (χ2n) is 2.97. The molecule has 4 heteroatoms. The van der Waals surface area contributed by atoms with Crippen molar-refractivity contribution in [2.75, 3.05) is 13.2 Å². The van der Waals surface area contributed by atoms with Crippen LogP contribution in [0.15, 0.2) is 12.4 Å². The van der Waals surface area contributed by atoms with Crippen molar-refractivity contribution in [2.45, 2.75) is 18.9 Å². The van der Waals surface area contributed by atoms with E-state index < -0.39 is 0 Å². The molecule has 3 nitrogen and oxygen atoms in total. The number of aromatic nitrogens is 2. The Kier molecular flexibility index (Phi) is 2.33. The Morgan fingerprint density at radius 1 is 1.67 bits per heavy atom.